The zero-order valence-corrected chi connectivity index (χ0v) is 21.1. The Bertz CT molecular complexity index is 1370. The maximum Gasteiger partial charge on any atom is 0.244 e. The fraction of sp³-hybridized carbons (Fsp3) is 0.233. The molecule has 1 amide bonds. The van der Waals surface area contributed by atoms with E-state index in [2.05, 4.69) is 5.32 Å². The van der Waals surface area contributed by atoms with Gasteiger partial charge in [-0.3, -0.25) is 4.79 Å². The van der Waals surface area contributed by atoms with Crippen molar-refractivity contribution < 1.29 is 23.4 Å². The smallest absolute Gasteiger partial charge is 0.244 e. The first-order valence-corrected chi connectivity index (χ1v) is 12.0. The molecule has 0 saturated carbocycles. The number of ether oxygens (including phenoxy) is 3. The number of carbonyl (C=O) groups excluding carboxylic acids is 1. The molecule has 0 bridgehead atoms. The maximum absolute atomic E-state index is 12.7. The molecule has 0 saturated heterocycles. The van der Waals surface area contributed by atoms with E-state index >= 15 is 0 Å². The van der Waals surface area contributed by atoms with E-state index in [1.807, 2.05) is 81.4 Å². The van der Waals surface area contributed by atoms with Crippen molar-refractivity contribution in [2.45, 2.75) is 27.3 Å². The summed E-state index contributed by atoms with van der Waals surface area (Å²) >= 11 is 0. The molecule has 0 fully saturated rings. The normalized spacial score (nSPS) is 11.4. The predicted molar refractivity (Wildman–Crippen MR) is 142 cm³/mol. The molecule has 0 atom stereocenters. The highest BCUT2D eigenvalue weighted by Crippen LogP contribution is 2.38. The number of amides is 1. The average molecular weight is 486 g/mol. The van der Waals surface area contributed by atoms with Crippen LogP contribution in [0.2, 0.25) is 0 Å². The Balaban J connectivity index is 1.61. The summed E-state index contributed by atoms with van der Waals surface area (Å²) in [6.45, 7) is 7.33. The van der Waals surface area contributed by atoms with Crippen LogP contribution in [-0.2, 0) is 11.3 Å². The highest BCUT2D eigenvalue weighted by atomic mass is 16.5. The van der Waals surface area contributed by atoms with E-state index in [0.717, 1.165) is 50.3 Å². The Labute approximate surface area is 211 Å². The third-order valence-electron chi connectivity index (χ3n) is 5.83. The molecule has 1 N–H and O–H groups in total. The Kier molecular flexibility index (Phi) is 7.95. The average Bonchev–Trinajstić information content (AvgIpc) is 3.31. The van der Waals surface area contributed by atoms with Crippen LogP contribution < -0.4 is 19.5 Å². The van der Waals surface area contributed by atoms with Crippen molar-refractivity contribution in [1.82, 2.24) is 5.32 Å². The second kappa shape index (κ2) is 11.5. The lowest BCUT2D eigenvalue weighted by Crippen LogP contribution is -2.20. The number of allylic oxidation sites excluding steroid dienone is 1. The molecule has 1 heterocycles. The number of rotatable bonds is 10. The topological polar surface area (TPSA) is 69.9 Å². The standard InChI is InChI=1S/C30H31NO5/c1-5-34-23-12-10-22(11-13-23)27-19-36-29-17-28(35-6-2)25(16-26(27)29)20(3)14-30(32)31-18-21-8-7-9-24(15-21)33-4/h7-17,19H,5-6,18H2,1-4H3,(H,31,32)/b20-14+. The molecule has 4 rings (SSSR count). The second-order valence-corrected chi connectivity index (χ2v) is 8.28. The molecule has 6 nitrogen and oxygen atoms in total. The predicted octanol–water partition coefficient (Wildman–Crippen LogP) is 6.63. The number of methoxy groups -OCH3 is 1. The molecule has 4 aromatic rings. The minimum atomic E-state index is -0.184. The summed E-state index contributed by atoms with van der Waals surface area (Å²) in [7, 11) is 1.62. The zero-order valence-electron chi connectivity index (χ0n) is 21.1. The van der Waals surface area contributed by atoms with E-state index < -0.39 is 0 Å². The number of hydrogen-bond donors (Lipinski definition) is 1. The summed E-state index contributed by atoms with van der Waals surface area (Å²) in [6, 6.07) is 19.5. The van der Waals surface area contributed by atoms with Gasteiger partial charge in [-0.1, -0.05) is 24.3 Å². The van der Waals surface area contributed by atoms with Crippen molar-refractivity contribution in [3.8, 4) is 28.4 Å². The van der Waals surface area contributed by atoms with Gasteiger partial charge in [0.15, 0.2) is 0 Å². The van der Waals surface area contributed by atoms with E-state index in [-0.39, 0.29) is 5.91 Å². The molecular formula is C30H31NO5. The van der Waals surface area contributed by atoms with Gasteiger partial charge in [0.25, 0.3) is 0 Å². The van der Waals surface area contributed by atoms with Gasteiger partial charge in [0.1, 0.15) is 22.8 Å². The number of furan rings is 1. The molecule has 0 aliphatic rings. The summed E-state index contributed by atoms with van der Waals surface area (Å²) < 4.78 is 22.6. The SMILES string of the molecule is CCOc1ccc(-c2coc3cc(OCC)c(/C(C)=C/C(=O)NCc4cccc(OC)c4)cc23)cc1. The molecule has 1 aromatic heterocycles. The van der Waals surface area contributed by atoms with Crippen LogP contribution in [0.25, 0.3) is 27.7 Å². The zero-order chi connectivity index (χ0) is 25.5. The molecule has 186 valence electrons. The van der Waals surface area contributed by atoms with Crippen LogP contribution in [-0.4, -0.2) is 26.2 Å². The number of benzene rings is 3. The van der Waals surface area contributed by atoms with Gasteiger partial charge < -0.3 is 23.9 Å². The van der Waals surface area contributed by atoms with Crippen LogP contribution in [0, 0.1) is 0 Å². The third kappa shape index (κ3) is 5.71. The number of carbonyl (C=O) groups is 1. The van der Waals surface area contributed by atoms with E-state index in [4.69, 9.17) is 18.6 Å². The fourth-order valence-corrected chi connectivity index (χ4v) is 4.06. The van der Waals surface area contributed by atoms with Crippen LogP contribution in [0.3, 0.4) is 0 Å². The fourth-order valence-electron chi connectivity index (χ4n) is 4.06. The largest absolute Gasteiger partial charge is 0.497 e. The molecule has 36 heavy (non-hydrogen) atoms. The van der Waals surface area contributed by atoms with E-state index in [0.29, 0.717) is 25.5 Å². The van der Waals surface area contributed by atoms with Crippen LogP contribution in [0.5, 0.6) is 17.2 Å². The molecular weight excluding hydrogens is 454 g/mol. The molecule has 0 unspecified atom stereocenters. The van der Waals surface area contributed by atoms with Gasteiger partial charge in [-0.25, -0.2) is 0 Å². The second-order valence-electron chi connectivity index (χ2n) is 8.28. The minimum absolute atomic E-state index is 0.184. The lowest BCUT2D eigenvalue weighted by atomic mass is 9.99. The Morgan fingerprint density at radius 1 is 0.972 bits per heavy atom. The molecule has 0 aliphatic heterocycles. The van der Waals surface area contributed by atoms with Gasteiger partial charge >= 0.3 is 0 Å². The molecule has 0 radical (unpaired) electrons. The van der Waals surface area contributed by atoms with Crippen molar-refractivity contribution in [2.24, 2.45) is 0 Å². The molecule has 6 heteroatoms. The highest BCUT2D eigenvalue weighted by molar-refractivity contribution is 6.00. The van der Waals surface area contributed by atoms with Crippen molar-refractivity contribution in [2.75, 3.05) is 20.3 Å². The Morgan fingerprint density at radius 2 is 1.75 bits per heavy atom. The van der Waals surface area contributed by atoms with Gasteiger partial charge in [-0.05, 0) is 67.8 Å². The first-order valence-electron chi connectivity index (χ1n) is 12.0. The summed E-state index contributed by atoms with van der Waals surface area (Å²) in [4.78, 5) is 12.7. The molecule has 0 aliphatic carbocycles. The van der Waals surface area contributed by atoms with Crippen molar-refractivity contribution >= 4 is 22.4 Å². The number of hydrogen-bond acceptors (Lipinski definition) is 5. The summed E-state index contributed by atoms with van der Waals surface area (Å²) in [5, 5.41) is 3.89. The lowest BCUT2D eigenvalue weighted by Gasteiger charge is -2.12. The number of fused-ring (bicyclic) bond motifs is 1. The first-order chi connectivity index (χ1) is 17.5. The quantitative estimate of drug-likeness (QED) is 0.256. The molecule has 0 spiro atoms. The molecule has 3 aromatic carbocycles. The summed E-state index contributed by atoms with van der Waals surface area (Å²) in [6.07, 6.45) is 3.35. The van der Waals surface area contributed by atoms with Gasteiger partial charge in [0.05, 0.1) is 26.6 Å². The van der Waals surface area contributed by atoms with Gasteiger partial charge in [0.2, 0.25) is 5.91 Å². The van der Waals surface area contributed by atoms with E-state index in [1.165, 1.54) is 0 Å². The Morgan fingerprint density at radius 3 is 2.47 bits per heavy atom. The third-order valence-corrected chi connectivity index (χ3v) is 5.83. The van der Waals surface area contributed by atoms with Crippen molar-refractivity contribution in [1.29, 1.82) is 0 Å². The first kappa shape index (κ1) is 24.9. The van der Waals surface area contributed by atoms with E-state index in [9.17, 15) is 4.79 Å². The maximum atomic E-state index is 12.7. The van der Waals surface area contributed by atoms with Crippen LogP contribution in [0.15, 0.2) is 77.4 Å². The minimum Gasteiger partial charge on any atom is -0.497 e. The van der Waals surface area contributed by atoms with Gasteiger partial charge in [0, 0.05) is 35.2 Å². The monoisotopic (exact) mass is 485 g/mol. The summed E-state index contributed by atoms with van der Waals surface area (Å²) in [5.41, 5.74) is 5.30. The Hall–Kier alpha value is -4.19. The van der Waals surface area contributed by atoms with Gasteiger partial charge in [-0.15, -0.1) is 0 Å². The highest BCUT2D eigenvalue weighted by Gasteiger charge is 2.15. The van der Waals surface area contributed by atoms with Crippen molar-refractivity contribution in [3.05, 3.63) is 84.1 Å². The van der Waals surface area contributed by atoms with Crippen LogP contribution in [0.1, 0.15) is 31.9 Å². The van der Waals surface area contributed by atoms with Crippen LogP contribution in [0.4, 0.5) is 0 Å². The summed E-state index contributed by atoms with van der Waals surface area (Å²) in [5.74, 6) is 2.07. The van der Waals surface area contributed by atoms with E-state index in [1.54, 1.807) is 19.4 Å². The van der Waals surface area contributed by atoms with Crippen molar-refractivity contribution in [3.63, 3.8) is 0 Å². The van der Waals surface area contributed by atoms with Gasteiger partial charge in [-0.2, -0.15) is 0 Å². The lowest BCUT2D eigenvalue weighted by molar-refractivity contribution is -0.116. The van der Waals surface area contributed by atoms with Crippen LogP contribution >= 0.6 is 0 Å². The number of nitrogens with one attached hydrogen (secondary N) is 1.